The molecule has 1 aliphatic heterocycles. The summed E-state index contributed by atoms with van der Waals surface area (Å²) in [6.45, 7) is 6.20. The lowest BCUT2D eigenvalue weighted by atomic mass is 10.1. The second kappa shape index (κ2) is 10.9. The molecule has 4 rings (SSSR count). The first-order valence-electron chi connectivity index (χ1n) is 11.9. The number of halogens is 1. The smallest absolute Gasteiger partial charge is 0.268 e. The summed E-state index contributed by atoms with van der Waals surface area (Å²) in [4.78, 5) is 27.6. The Balaban J connectivity index is 1.57. The zero-order valence-electron chi connectivity index (χ0n) is 20.8. The number of ether oxygens (including phenoxy) is 1. The van der Waals surface area contributed by atoms with E-state index in [9.17, 15) is 18.0 Å². The number of nitrogens with zero attached hydrogens (tertiary/aromatic N) is 2. The van der Waals surface area contributed by atoms with Crippen LogP contribution in [0.3, 0.4) is 0 Å². The Morgan fingerprint density at radius 1 is 1.05 bits per heavy atom. The average Bonchev–Trinajstić information content (AvgIpc) is 2.88. The summed E-state index contributed by atoms with van der Waals surface area (Å²) in [5.74, 6) is -0.121. The van der Waals surface area contributed by atoms with Gasteiger partial charge in [0.15, 0.2) is 6.10 Å². The first kappa shape index (κ1) is 26.7. The molecule has 8 nitrogen and oxygen atoms in total. The normalized spacial score (nSPS) is 15.3. The Bertz CT molecular complexity index is 1420. The van der Waals surface area contributed by atoms with Crippen LogP contribution in [0, 0.1) is 0 Å². The van der Waals surface area contributed by atoms with Crippen molar-refractivity contribution >= 4 is 44.8 Å². The summed E-state index contributed by atoms with van der Waals surface area (Å²) in [5.41, 5.74) is 2.05. The summed E-state index contributed by atoms with van der Waals surface area (Å²) < 4.78 is 32.5. The molecule has 194 valence electrons. The number of rotatable bonds is 8. The van der Waals surface area contributed by atoms with Gasteiger partial charge in [-0.25, -0.2) is 8.42 Å². The summed E-state index contributed by atoms with van der Waals surface area (Å²) in [7, 11) is -3.62. The van der Waals surface area contributed by atoms with Crippen LogP contribution in [0.25, 0.3) is 0 Å². The summed E-state index contributed by atoms with van der Waals surface area (Å²) >= 11 is 6.33. The van der Waals surface area contributed by atoms with Gasteiger partial charge in [0.25, 0.3) is 11.8 Å². The molecule has 1 aliphatic rings. The third-order valence-corrected chi connectivity index (χ3v) is 8.60. The monoisotopic (exact) mass is 541 g/mol. The number of sulfonamides is 1. The van der Waals surface area contributed by atoms with Crippen molar-refractivity contribution in [3.63, 3.8) is 0 Å². The molecule has 3 aromatic rings. The van der Waals surface area contributed by atoms with Gasteiger partial charge in [-0.2, -0.15) is 4.31 Å². The van der Waals surface area contributed by atoms with Gasteiger partial charge in [-0.1, -0.05) is 43.6 Å². The number of fused-ring (bicyclic) bond motifs is 1. The maximum atomic E-state index is 13.0. The van der Waals surface area contributed by atoms with E-state index < -0.39 is 22.0 Å². The highest BCUT2D eigenvalue weighted by molar-refractivity contribution is 7.89. The largest absolute Gasteiger partial charge is 0.479 e. The van der Waals surface area contributed by atoms with Crippen molar-refractivity contribution in [1.82, 2.24) is 4.31 Å². The van der Waals surface area contributed by atoms with E-state index in [0.717, 1.165) is 5.56 Å². The van der Waals surface area contributed by atoms with E-state index >= 15 is 0 Å². The molecule has 0 spiro atoms. The van der Waals surface area contributed by atoms with Crippen LogP contribution in [0.15, 0.2) is 71.6 Å². The molecule has 1 N–H and O–H groups in total. The number of carbonyl (C=O) groups is 2. The van der Waals surface area contributed by atoms with Crippen molar-refractivity contribution in [3.8, 4) is 5.75 Å². The van der Waals surface area contributed by atoms with Crippen LogP contribution in [-0.2, 0) is 21.4 Å². The van der Waals surface area contributed by atoms with Crippen LogP contribution in [-0.4, -0.2) is 43.7 Å². The molecular weight excluding hydrogens is 514 g/mol. The van der Waals surface area contributed by atoms with E-state index in [1.165, 1.54) is 28.6 Å². The lowest BCUT2D eigenvalue weighted by molar-refractivity contribution is -0.125. The highest BCUT2D eigenvalue weighted by atomic mass is 35.5. The fraction of sp³-hybridized carbons (Fsp3) is 0.259. The van der Waals surface area contributed by atoms with Crippen molar-refractivity contribution in [2.45, 2.75) is 38.3 Å². The van der Waals surface area contributed by atoms with Crippen LogP contribution in [0.4, 0.5) is 11.4 Å². The van der Waals surface area contributed by atoms with Gasteiger partial charge in [0, 0.05) is 29.4 Å². The molecule has 0 radical (unpaired) electrons. The Morgan fingerprint density at radius 2 is 1.73 bits per heavy atom. The fourth-order valence-electron chi connectivity index (χ4n) is 4.14. The van der Waals surface area contributed by atoms with Crippen molar-refractivity contribution in [3.05, 3.63) is 82.9 Å². The van der Waals surface area contributed by atoms with E-state index in [1.54, 1.807) is 49.9 Å². The standard InChI is InChI=1S/C27H28ClN3O5S/c1-4-30(5-2)37(34,35)22-13-10-19(11-14-22)26(32)29-21-12-15-25-24(16-21)31(27(33)18(3)36-25)17-20-8-6-7-9-23(20)28/h6-16,18H,4-5,17H2,1-3H3,(H,29,32). The van der Waals surface area contributed by atoms with E-state index in [4.69, 9.17) is 16.3 Å². The van der Waals surface area contributed by atoms with Crippen molar-refractivity contribution in [2.75, 3.05) is 23.3 Å². The van der Waals surface area contributed by atoms with Gasteiger partial charge in [0.1, 0.15) is 5.75 Å². The maximum Gasteiger partial charge on any atom is 0.268 e. The number of benzene rings is 3. The second-order valence-electron chi connectivity index (χ2n) is 8.53. The Labute approximate surface area is 221 Å². The van der Waals surface area contributed by atoms with Gasteiger partial charge >= 0.3 is 0 Å². The molecule has 0 fully saturated rings. The molecule has 0 saturated carbocycles. The SMILES string of the molecule is CCN(CC)S(=O)(=O)c1ccc(C(=O)Nc2ccc3c(c2)N(Cc2ccccc2Cl)C(=O)C(C)O3)cc1. The highest BCUT2D eigenvalue weighted by Crippen LogP contribution is 2.38. The highest BCUT2D eigenvalue weighted by Gasteiger charge is 2.32. The number of amides is 2. The number of carbonyl (C=O) groups excluding carboxylic acids is 2. The van der Waals surface area contributed by atoms with Gasteiger partial charge in [-0.15, -0.1) is 0 Å². The second-order valence-corrected chi connectivity index (χ2v) is 10.9. The number of nitrogens with one attached hydrogen (secondary N) is 1. The van der Waals surface area contributed by atoms with Gasteiger partial charge in [-0.05, 0) is 61.0 Å². The minimum atomic E-state index is -3.62. The fourth-order valence-corrected chi connectivity index (χ4v) is 5.79. The van der Waals surface area contributed by atoms with Gasteiger partial charge < -0.3 is 15.0 Å². The van der Waals surface area contributed by atoms with Gasteiger partial charge in [0.05, 0.1) is 17.1 Å². The lowest BCUT2D eigenvalue weighted by Gasteiger charge is -2.33. The third-order valence-electron chi connectivity index (χ3n) is 6.17. The predicted octanol–water partition coefficient (Wildman–Crippen LogP) is 4.94. The molecule has 3 aromatic carbocycles. The minimum Gasteiger partial charge on any atom is -0.479 e. The maximum absolute atomic E-state index is 13.0. The van der Waals surface area contributed by atoms with Crippen molar-refractivity contribution in [1.29, 1.82) is 0 Å². The van der Waals surface area contributed by atoms with Crippen molar-refractivity contribution in [2.24, 2.45) is 0 Å². The lowest BCUT2D eigenvalue weighted by Crippen LogP contribution is -2.44. The number of hydrogen-bond donors (Lipinski definition) is 1. The molecule has 0 aromatic heterocycles. The average molecular weight is 542 g/mol. The molecule has 0 bridgehead atoms. The van der Waals surface area contributed by atoms with Gasteiger partial charge in [0.2, 0.25) is 10.0 Å². The summed E-state index contributed by atoms with van der Waals surface area (Å²) in [5, 5.41) is 3.36. The van der Waals surface area contributed by atoms with Crippen LogP contribution in [0.2, 0.25) is 5.02 Å². The molecule has 10 heteroatoms. The van der Waals surface area contributed by atoms with E-state index in [-0.39, 0.29) is 17.3 Å². The molecule has 0 saturated heterocycles. The molecule has 37 heavy (non-hydrogen) atoms. The predicted molar refractivity (Wildman–Crippen MR) is 144 cm³/mol. The Kier molecular flexibility index (Phi) is 7.87. The molecular formula is C27H28ClN3O5S. The number of hydrogen-bond acceptors (Lipinski definition) is 5. The van der Waals surface area contributed by atoms with Crippen LogP contribution >= 0.6 is 11.6 Å². The van der Waals surface area contributed by atoms with E-state index in [1.807, 2.05) is 18.2 Å². The Morgan fingerprint density at radius 3 is 2.38 bits per heavy atom. The number of anilines is 2. The molecule has 2 amide bonds. The summed E-state index contributed by atoms with van der Waals surface area (Å²) in [6, 6.07) is 18.2. The minimum absolute atomic E-state index is 0.126. The van der Waals surface area contributed by atoms with Crippen LogP contribution in [0.5, 0.6) is 5.75 Å². The topological polar surface area (TPSA) is 96.0 Å². The third kappa shape index (κ3) is 5.49. The van der Waals surface area contributed by atoms with Crippen LogP contribution in [0.1, 0.15) is 36.7 Å². The van der Waals surface area contributed by atoms with E-state index in [0.29, 0.717) is 40.8 Å². The van der Waals surface area contributed by atoms with E-state index in [2.05, 4.69) is 5.32 Å². The van der Waals surface area contributed by atoms with Crippen LogP contribution < -0.4 is 15.0 Å². The molecule has 0 aliphatic carbocycles. The first-order chi connectivity index (χ1) is 17.6. The quantitative estimate of drug-likeness (QED) is 0.436. The zero-order valence-corrected chi connectivity index (χ0v) is 22.3. The Hall–Kier alpha value is -3.40. The molecule has 1 unspecified atom stereocenters. The zero-order chi connectivity index (χ0) is 26.7. The summed E-state index contributed by atoms with van der Waals surface area (Å²) in [6.07, 6.45) is -0.665. The first-order valence-corrected chi connectivity index (χ1v) is 13.7. The molecule has 1 heterocycles. The van der Waals surface area contributed by atoms with Crippen molar-refractivity contribution < 1.29 is 22.7 Å². The molecule has 1 atom stereocenters. The van der Waals surface area contributed by atoms with Gasteiger partial charge in [-0.3, -0.25) is 9.59 Å².